The van der Waals surface area contributed by atoms with Crippen molar-refractivity contribution in [2.45, 2.75) is 44.9 Å². The van der Waals surface area contributed by atoms with E-state index in [4.69, 9.17) is 0 Å². The number of ketones is 1. The van der Waals surface area contributed by atoms with Crippen molar-refractivity contribution in [1.82, 2.24) is 15.0 Å². The molecule has 0 saturated heterocycles. The summed E-state index contributed by atoms with van der Waals surface area (Å²) >= 11 is 4.26. The molecule has 1 aliphatic heterocycles. The number of pyridine rings is 1. The molecule has 0 unspecified atom stereocenters. The summed E-state index contributed by atoms with van der Waals surface area (Å²) in [6.45, 7) is 5.88. The maximum atomic E-state index is 12.9. The molecule has 6 heteroatoms. The fourth-order valence-corrected chi connectivity index (χ4v) is 3.91. The maximum Gasteiger partial charge on any atom is 0.168 e. The van der Waals surface area contributed by atoms with Crippen molar-refractivity contribution in [3.8, 4) is 0 Å². The van der Waals surface area contributed by atoms with Crippen LogP contribution in [0.4, 0.5) is 5.69 Å². The Morgan fingerprint density at radius 2 is 2.07 bits per heavy atom. The molecule has 0 aliphatic carbocycles. The standard InChI is InChI=1S/C24H26N4OS/c1-16(2)18-5-3-4-17(8-18)9-23(29)19-10-21(13-25-11-19)28-7-6-22-20(14-28)12-26-24(15-30)27-22/h3-5,8,10-13,16,30H,6-7,9,14-15H2,1-2H3. The van der Waals surface area contributed by atoms with Gasteiger partial charge in [-0.05, 0) is 23.1 Å². The largest absolute Gasteiger partial charge is 0.365 e. The number of nitrogens with zero attached hydrogens (tertiary/aromatic N) is 4. The van der Waals surface area contributed by atoms with Crippen LogP contribution in [-0.2, 0) is 25.1 Å². The van der Waals surface area contributed by atoms with Crippen molar-refractivity contribution in [1.29, 1.82) is 0 Å². The van der Waals surface area contributed by atoms with Gasteiger partial charge in [0, 0.05) is 49.5 Å². The first-order valence-electron chi connectivity index (χ1n) is 10.3. The van der Waals surface area contributed by atoms with Crippen LogP contribution in [0.3, 0.4) is 0 Å². The Kier molecular flexibility index (Phi) is 6.13. The van der Waals surface area contributed by atoms with E-state index in [2.05, 4.69) is 58.5 Å². The van der Waals surface area contributed by atoms with Crippen LogP contribution < -0.4 is 4.90 Å². The number of rotatable bonds is 6. The fourth-order valence-electron chi connectivity index (χ4n) is 3.76. The molecule has 0 saturated carbocycles. The summed E-state index contributed by atoms with van der Waals surface area (Å²) in [5.41, 5.74) is 6.11. The molecule has 1 aliphatic rings. The van der Waals surface area contributed by atoms with Crippen LogP contribution in [0, 0.1) is 0 Å². The summed E-state index contributed by atoms with van der Waals surface area (Å²) in [6, 6.07) is 10.2. The predicted octanol–water partition coefficient (Wildman–Crippen LogP) is 4.41. The molecule has 4 rings (SSSR count). The maximum absolute atomic E-state index is 12.9. The van der Waals surface area contributed by atoms with Gasteiger partial charge in [0.25, 0.3) is 0 Å². The minimum absolute atomic E-state index is 0.0874. The molecule has 1 aromatic carbocycles. The number of carbonyl (C=O) groups excluding carboxylic acids is 1. The smallest absolute Gasteiger partial charge is 0.168 e. The van der Waals surface area contributed by atoms with E-state index in [1.165, 1.54) is 5.56 Å². The minimum atomic E-state index is 0.0874. The number of benzene rings is 1. The summed E-state index contributed by atoms with van der Waals surface area (Å²) < 4.78 is 0. The van der Waals surface area contributed by atoms with Gasteiger partial charge in [-0.3, -0.25) is 9.78 Å². The normalized spacial score (nSPS) is 13.4. The molecule has 0 spiro atoms. The number of hydrogen-bond acceptors (Lipinski definition) is 6. The van der Waals surface area contributed by atoms with Gasteiger partial charge >= 0.3 is 0 Å². The Morgan fingerprint density at radius 3 is 2.87 bits per heavy atom. The van der Waals surface area contributed by atoms with Crippen molar-refractivity contribution in [3.05, 3.63) is 82.7 Å². The second-order valence-electron chi connectivity index (χ2n) is 8.02. The van der Waals surface area contributed by atoms with Crippen molar-refractivity contribution in [2.75, 3.05) is 11.4 Å². The van der Waals surface area contributed by atoms with Crippen molar-refractivity contribution < 1.29 is 4.79 Å². The van der Waals surface area contributed by atoms with Gasteiger partial charge in [-0.25, -0.2) is 9.97 Å². The zero-order chi connectivity index (χ0) is 21.1. The highest BCUT2D eigenvalue weighted by Crippen LogP contribution is 2.24. The number of Topliss-reactive ketones (excluding diaryl/α,β-unsaturated/α-hetero) is 1. The van der Waals surface area contributed by atoms with Crippen LogP contribution in [0.25, 0.3) is 0 Å². The molecular formula is C24H26N4OS. The van der Waals surface area contributed by atoms with Crippen LogP contribution in [0.15, 0.2) is 48.9 Å². The van der Waals surface area contributed by atoms with Gasteiger partial charge in [-0.15, -0.1) is 0 Å². The third kappa shape index (κ3) is 4.54. The monoisotopic (exact) mass is 418 g/mol. The van der Waals surface area contributed by atoms with E-state index in [1.54, 1.807) is 6.20 Å². The Balaban J connectivity index is 1.50. The van der Waals surface area contributed by atoms with Gasteiger partial charge in [0.15, 0.2) is 5.78 Å². The first kappa shape index (κ1) is 20.5. The highest BCUT2D eigenvalue weighted by Gasteiger charge is 2.20. The average Bonchev–Trinajstić information content (AvgIpc) is 2.78. The van der Waals surface area contributed by atoms with E-state index < -0.39 is 0 Å². The third-order valence-corrected chi connectivity index (χ3v) is 5.80. The van der Waals surface area contributed by atoms with Crippen molar-refractivity contribution >= 4 is 24.1 Å². The Morgan fingerprint density at radius 1 is 1.20 bits per heavy atom. The Bertz CT molecular complexity index is 1070. The molecule has 30 heavy (non-hydrogen) atoms. The average molecular weight is 419 g/mol. The number of fused-ring (bicyclic) bond motifs is 1. The summed E-state index contributed by atoms with van der Waals surface area (Å²) in [7, 11) is 0. The van der Waals surface area contributed by atoms with Gasteiger partial charge in [-0.2, -0.15) is 12.6 Å². The van der Waals surface area contributed by atoms with E-state index in [1.807, 2.05) is 30.6 Å². The van der Waals surface area contributed by atoms with E-state index >= 15 is 0 Å². The van der Waals surface area contributed by atoms with Gasteiger partial charge in [0.2, 0.25) is 0 Å². The van der Waals surface area contributed by atoms with Gasteiger partial charge < -0.3 is 4.90 Å². The van der Waals surface area contributed by atoms with Gasteiger partial charge in [0.1, 0.15) is 5.82 Å². The zero-order valence-electron chi connectivity index (χ0n) is 17.4. The molecule has 0 atom stereocenters. The topological polar surface area (TPSA) is 59.0 Å². The lowest BCUT2D eigenvalue weighted by Crippen LogP contribution is -2.31. The molecule has 0 N–H and O–H groups in total. The predicted molar refractivity (Wildman–Crippen MR) is 122 cm³/mol. The summed E-state index contributed by atoms with van der Waals surface area (Å²) in [4.78, 5) is 28.4. The van der Waals surface area contributed by atoms with E-state index in [0.29, 0.717) is 23.7 Å². The summed E-state index contributed by atoms with van der Waals surface area (Å²) in [5, 5.41) is 0. The lowest BCUT2D eigenvalue weighted by Gasteiger charge is -2.30. The second kappa shape index (κ2) is 8.96. The fraction of sp³-hybridized carbons (Fsp3) is 0.333. The first-order chi connectivity index (χ1) is 14.5. The lowest BCUT2D eigenvalue weighted by atomic mass is 9.97. The summed E-state index contributed by atoms with van der Waals surface area (Å²) in [5.74, 6) is 1.84. The Hall–Kier alpha value is -2.73. The van der Waals surface area contributed by atoms with Crippen LogP contribution in [0.5, 0.6) is 0 Å². The first-order valence-corrected chi connectivity index (χ1v) is 10.9. The lowest BCUT2D eigenvalue weighted by molar-refractivity contribution is 0.0992. The molecule has 154 valence electrons. The van der Waals surface area contributed by atoms with E-state index in [-0.39, 0.29) is 5.78 Å². The highest BCUT2D eigenvalue weighted by molar-refractivity contribution is 7.79. The third-order valence-electron chi connectivity index (χ3n) is 5.52. The van der Waals surface area contributed by atoms with Crippen molar-refractivity contribution in [3.63, 3.8) is 0 Å². The zero-order valence-corrected chi connectivity index (χ0v) is 18.3. The molecule has 0 fully saturated rings. The molecule has 0 radical (unpaired) electrons. The highest BCUT2D eigenvalue weighted by atomic mass is 32.1. The molecule has 5 nitrogen and oxygen atoms in total. The quantitative estimate of drug-likeness (QED) is 0.475. The van der Waals surface area contributed by atoms with Crippen LogP contribution >= 0.6 is 12.6 Å². The van der Waals surface area contributed by atoms with Crippen LogP contribution in [0.1, 0.15) is 58.3 Å². The minimum Gasteiger partial charge on any atom is -0.365 e. The second-order valence-corrected chi connectivity index (χ2v) is 8.34. The molecule has 0 amide bonds. The molecular weight excluding hydrogens is 392 g/mol. The number of thiol groups is 1. The molecule has 2 aromatic heterocycles. The van der Waals surface area contributed by atoms with Crippen LogP contribution in [0.2, 0.25) is 0 Å². The van der Waals surface area contributed by atoms with Gasteiger partial charge in [0.05, 0.1) is 23.3 Å². The van der Waals surface area contributed by atoms with E-state index in [0.717, 1.165) is 47.8 Å². The van der Waals surface area contributed by atoms with Crippen LogP contribution in [-0.4, -0.2) is 27.3 Å². The number of hydrogen-bond donors (Lipinski definition) is 1. The summed E-state index contributed by atoms with van der Waals surface area (Å²) in [6.07, 6.45) is 6.61. The SMILES string of the molecule is CC(C)c1cccc(CC(=O)c2cncc(N3CCc4nc(CS)ncc4C3)c2)c1. The molecule has 0 bridgehead atoms. The van der Waals surface area contributed by atoms with Gasteiger partial charge in [-0.1, -0.05) is 38.1 Å². The molecule has 3 aromatic rings. The molecule has 3 heterocycles. The van der Waals surface area contributed by atoms with Crippen molar-refractivity contribution in [2.24, 2.45) is 0 Å². The Labute approximate surface area is 183 Å². The number of anilines is 1. The number of aromatic nitrogens is 3. The van der Waals surface area contributed by atoms with E-state index in [9.17, 15) is 4.79 Å². The number of carbonyl (C=O) groups is 1.